The summed E-state index contributed by atoms with van der Waals surface area (Å²) in [7, 11) is 0. The Balaban J connectivity index is 2.32. The van der Waals surface area contributed by atoms with E-state index in [1.165, 1.54) is 0 Å². The Labute approximate surface area is 114 Å². The van der Waals surface area contributed by atoms with Gasteiger partial charge in [-0.1, -0.05) is 13.0 Å². The van der Waals surface area contributed by atoms with Gasteiger partial charge in [0.15, 0.2) is 0 Å². The Kier molecular flexibility index (Phi) is 4.44. The highest BCUT2D eigenvalue weighted by Gasteiger charge is 2.07. The van der Waals surface area contributed by atoms with E-state index < -0.39 is 0 Å². The van der Waals surface area contributed by atoms with Crippen LogP contribution in [0.25, 0.3) is 5.69 Å². The summed E-state index contributed by atoms with van der Waals surface area (Å²) >= 11 is 0. The van der Waals surface area contributed by atoms with Crippen LogP contribution in [0, 0.1) is 6.92 Å². The Morgan fingerprint density at radius 2 is 2.16 bits per heavy atom. The van der Waals surface area contributed by atoms with E-state index in [1.54, 1.807) is 0 Å². The first-order chi connectivity index (χ1) is 9.24. The molecular weight excluding hydrogens is 238 g/mol. The minimum absolute atomic E-state index is 0.674. The average Bonchev–Trinajstić information content (AvgIpc) is 2.78. The molecule has 0 unspecified atom stereocenters. The number of aryl methyl sites for hydroxylation is 1. The van der Waals surface area contributed by atoms with E-state index in [0.29, 0.717) is 6.61 Å². The van der Waals surface area contributed by atoms with Gasteiger partial charge in [0.05, 0.1) is 18.0 Å². The summed E-state index contributed by atoms with van der Waals surface area (Å²) in [5, 5.41) is 3.34. The summed E-state index contributed by atoms with van der Waals surface area (Å²) in [6, 6.07) is 8.05. The summed E-state index contributed by atoms with van der Waals surface area (Å²) in [6.45, 7) is 7.72. The van der Waals surface area contributed by atoms with Crippen molar-refractivity contribution >= 4 is 5.95 Å². The number of ether oxygens (including phenoxy) is 1. The van der Waals surface area contributed by atoms with Crippen LogP contribution < -0.4 is 10.1 Å². The molecule has 0 amide bonds. The Bertz CT molecular complexity index is 534. The summed E-state index contributed by atoms with van der Waals surface area (Å²) in [6.07, 6.45) is 3.11. The van der Waals surface area contributed by atoms with Crippen molar-refractivity contribution in [1.29, 1.82) is 0 Å². The van der Waals surface area contributed by atoms with E-state index in [-0.39, 0.29) is 0 Å². The number of hydrogen-bond acceptors (Lipinski definition) is 3. The standard InChI is InChI=1S/C15H21N3O/c1-4-9-16-15-17-12(3)11-18(15)13-7-6-8-14(10-13)19-5-2/h6-8,10-11H,4-5,9H2,1-3H3,(H,16,17). The fourth-order valence-corrected chi connectivity index (χ4v) is 1.95. The average molecular weight is 259 g/mol. The normalized spacial score (nSPS) is 10.5. The molecule has 0 radical (unpaired) electrons. The molecule has 0 spiro atoms. The largest absolute Gasteiger partial charge is 0.494 e. The molecule has 0 bridgehead atoms. The lowest BCUT2D eigenvalue weighted by Gasteiger charge is -2.10. The van der Waals surface area contributed by atoms with E-state index in [4.69, 9.17) is 4.74 Å². The van der Waals surface area contributed by atoms with Gasteiger partial charge in [-0.3, -0.25) is 4.57 Å². The third kappa shape index (κ3) is 3.28. The molecule has 1 aromatic heterocycles. The number of nitrogens with one attached hydrogen (secondary N) is 1. The number of hydrogen-bond donors (Lipinski definition) is 1. The quantitative estimate of drug-likeness (QED) is 0.864. The van der Waals surface area contributed by atoms with Crippen molar-refractivity contribution < 1.29 is 4.74 Å². The predicted molar refractivity (Wildman–Crippen MR) is 78.3 cm³/mol. The molecule has 2 aromatic rings. The molecule has 102 valence electrons. The van der Waals surface area contributed by atoms with Crippen LogP contribution in [0.1, 0.15) is 26.0 Å². The van der Waals surface area contributed by atoms with Crippen molar-refractivity contribution in [2.24, 2.45) is 0 Å². The number of imidazole rings is 1. The van der Waals surface area contributed by atoms with Crippen molar-refractivity contribution in [3.05, 3.63) is 36.2 Å². The van der Waals surface area contributed by atoms with Crippen LogP contribution in [-0.4, -0.2) is 22.7 Å². The van der Waals surface area contributed by atoms with E-state index in [0.717, 1.165) is 36.0 Å². The lowest BCUT2D eigenvalue weighted by molar-refractivity contribution is 0.340. The molecule has 0 aliphatic carbocycles. The number of benzene rings is 1. The van der Waals surface area contributed by atoms with Crippen molar-refractivity contribution in [2.45, 2.75) is 27.2 Å². The maximum atomic E-state index is 5.54. The fraction of sp³-hybridized carbons (Fsp3) is 0.400. The molecule has 4 nitrogen and oxygen atoms in total. The van der Waals surface area contributed by atoms with Crippen LogP contribution in [0.2, 0.25) is 0 Å². The van der Waals surface area contributed by atoms with E-state index in [1.807, 2.05) is 38.2 Å². The molecule has 0 aliphatic heterocycles. The zero-order valence-corrected chi connectivity index (χ0v) is 11.8. The van der Waals surface area contributed by atoms with E-state index in [2.05, 4.69) is 27.9 Å². The lowest BCUT2D eigenvalue weighted by Crippen LogP contribution is -2.06. The van der Waals surface area contributed by atoms with Gasteiger partial charge < -0.3 is 10.1 Å². The van der Waals surface area contributed by atoms with Gasteiger partial charge in [0.1, 0.15) is 5.75 Å². The van der Waals surface area contributed by atoms with Gasteiger partial charge in [0, 0.05) is 18.8 Å². The number of anilines is 1. The van der Waals surface area contributed by atoms with Crippen LogP contribution >= 0.6 is 0 Å². The minimum atomic E-state index is 0.674. The van der Waals surface area contributed by atoms with Crippen LogP contribution in [0.4, 0.5) is 5.95 Å². The third-order valence-corrected chi connectivity index (χ3v) is 2.77. The maximum Gasteiger partial charge on any atom is 0.207 e. The van der Waals surface area contributed by atoms with Crippen molar-refractivity contribution in [1.82, 2.24) is 9.55 Å². The second kappa shape index (κ2) is 6.27. The molecule has 0 saturated heterocycles. The molecule has 19 heavy (non-hydrogen) atoms. The molecule has 0 saturated carbocycles. The van der Waals surface area contributed by atoms with Crippen LogP contribution in [0.5, 0.6) is 5.75 Å². The number of rotatable bonds is 6. The molecule has 1 aromatic carbocycles. The first-order valence-corrected chi connectivity index (χ1v) is 6.77. The molecule has 0 atom stereocenters. The smallest absolute Gasteiger partial charge is 0.207 e. The van der Waals surface area contributed by atoms with Crippen LogP contribution in [-0.2, 0) is 0 Å². The van der Waals surface area contributed by atoms with E-state index in [9.17, 15) is 0 Å². The topological polar surface area (TPSA) is 39.1 Å². The summed E-state index contributed by atoms with van der Waals surface area (Å²) < 4.78 is 7.60. The minimum Gasteiger partial charge on any atom is -0.494 e. The monoisotopic (exact) mass is 259 g/mol. The van der Waals surface area contributed by atoms with Gasteiger partial charge in [0.25, 0.3) is 0 Å². The van der Waals surface area contributed by atoms with Crippen molar-refractivity contribution in [3.8, 4) is 11.4 Å². The van der Waals surface area contributed by atoms with Crippen LogP contribution in [0.3, 0.4) is 0 Å². The third-order valence-electron chi connectivity index (χ3n) is 2.77. The van der Waals surface area contributed by atoms with Gasteiger partial charge in [0.2, 0.25) is 5.95 Å². The fourth-order valence-electron chi connectivity index (χ4n) is 1.95. The van der Waals surface area contributed by atoms with Gasteiger partial charge in [-0.15, -0.1) is 0 Å². The lowest BCUT2D eigenvalue weighted by atomic mass is 10.3. The molecular formula is C15H21N3O. The highest BCUT2D eigenvalue weighted by Crippen LogP contribution is 2.21. The highest BCUT2D eigenvalue weighted by molar-refractivity contribution is 5.46. The molecule has 2 rings (SSSR count). The highest BCUT2D eigenvalue weighted by atomic mass is 16.5. The Hall–Kier alpha value is -1.97. The Morgan fingerprint density at radius 1 is 1.32 bits per heavy atom. The first-order valence-electron chi connectivity index (χ1n) is 6.77. The Morgan fingerprint density at radius 3 is 2.89 bits per heavy atom. The van der Waals surface area contributed by atoms with E-state index >= 15 is 0 Å². The molecule has 0 fully saturated rings. The molecule has 0 aliphatic rings. The predicted octanol–water partition coefficient (Wildman–Crippen LogP) is 3.40. The van der Waals surface area contributed by atoms with Gasteiger partial charge >= 0.3 is 0 Å². The zero-order chi connectivity index (χ0) is 13.7. The van der Waals surface area contributed by atoms with Gasteiger partial charge in [-0.2, -0.15) is 0 Å². The second-order valence-corrected chi connectivity index (χ2v) is 4.43. The summed E-state index contributed by atoms with van der Waals surface area (Å²) in [5.41, 5.74) is 2.06. The SMILES string of the molecule is CCCNc1nc(C)cn1-c1cccc(OCC)c1. The first kappa shape index (κ1) is 13.5. The number of aromatic nitrogens is 2. The summed E-state index contributed by atoms with van der Waals surface area (Å²) in [5.74, 6) is 1.76. The number of nitrogens with zero attached hydrogens (tertiary/aromatic N) is 2. The zero-order valence-electron chi connectivity index (χ0n) is 11.8. The molecule has 1 N–H and O–H groups in total. The molecule has 1 heterocycles. The summed E-state index contributed by atoms with van der Waals surface area (Å²) in [4.78, 5) is 4.51. The maximum absolute atomic E-state index is 5.54. The van der Waals surface area contributed by atoms with Crippen LogP contribution in [0.15, 0.2) is 30.5 Å². The van der Waals surface area contributed by atoms with Crippen molar-refractivity contribution in [2.75, 3.05) is 18.5 Å². The van der Waals surface area contributed by atoms with Gasteiger partial charge in [-0.05, 0) is 32.4 Å². The van der Waals surface area contributed by atoms with Gasteiger partial charge in [-0.25, -0.2) is 4.98 Å². The van der Waals surface area contributed by atoms with Crippen molar-refractivity contribution in [3.63, 3.8) is 0 Å². The molecule has 4 heteroatoms. The second-order valence-electron chi connectivity index (χ2n) is 4.43.